The summed E-state index contributed by atoms with van der Waals surface area (Å²) >= 11 is 0. The van der Waals surface area contributed by atoms with Crippen LogP contribution in [0.5, 0.6) is 0 Å². The Morgan fingerprint density at radius 1 is 0.305 bits per heavy atom. The monoisotopic (exact) mass is 1130 g/mol. The van der Waals surface area contributed by atoms with Gasteiger partial charge in [0.05, 0.1) is 0 Å². The zero-order valence-corrected chi connectivity index (χ0v) is 55.7. The molecule has 2 aromatic carbocycles. The fourth-order valence-electron chi connectivity index (χ4n) is 13.3. The molecule has 0 saturated heterocycles. The van der Waals surface area contributed by atoms with E-state index in [4.69, 9.17) is 0 Å². The van der Waals surface area contributed by atoms with Crippen molar-refractivity contribution < 1.29 is 4.70 Å². The number of benzene rings is 2. The minimum atomic E-state index is 0.694. The van der Waals surface area contributed by atoms with Gasteiger partial charge in [-0.3, -0.25) is 0 Å². The number of allylic oxidation sites excluding steroid dienone is 6. The highest BCUT2D eigenvalue weighted by Crippen LogP contribution is 2.46. The molecule has 466 valence electrons. The Labute approximate surface area is 512 Å². The van der Waals surface area contributed by atoms with E-state index < -0.39 is 0 Å². The van der Waals surface area contributed by atoms with Gasteiger partial charge >= 0.3 is 0 Å². The highest BCUT2D eigenvalue weighted by molar-refractivity contribution is 5.83. The maximum absolute atomic E-state index is 13.1. The van der Waals surface area contributed by atoms with Crippen LogP contribution in [-0.4, -0.2) is 4.70 Å². The average Bonchev–Trinajstić information content (AvgIpc) is 3.45. The molecule has 0 bridgehead atoms. The molecule has 0 N–H and O–H groups in total. The molecule has 82 heavy (non-hydrogen) atoms. The number of hydrogen-bond acceptors (Lipinski definition) is 0. The molecule has 2 unspecified atom stereocenters. The molecule has 2 heteroatoms. The third-order valence-corrected chi connectivity index (χ3v) is 18.8. The highest BCUT2D eigenvalue weighted by Gasteiger charge is 2.37. The lowest BCUT2D eigenvalue weighted by molar-refractivity contribution is -0.345. The zero-order valence-electron chi connectivity index (χ0n) is 55.7. The van der Waals surface area contributed by atoms with Crippen LogP contribution in [-0.2, 0) is 12.8 Å². The molecule has 1 aliphatic heterocycles. The Balaban J connectivity index is 1.73. The van der Waals surface area contributed by atoms with E-state index in [1.165, 1.54) is 329 Å². The van der Waals surface area contributed by atoms with Crippen LogP contribution in [0.3, 0.4) is 0 Å². The van der Waals surface area contributed by atoms with Crippen molar-refractivity contribution in [1.29, 1.82) is 0 Å². The van der Waals surface area contributed by atoms with Gasteiger partial charge in [-0.2, -0.15) is 0 Å². The maximum Gasteiger partial charge on any atom is 0.211 e. The van der Waals surface area contributed by atoms with Gasteiger partial charge < -0.3 is 5.53 Å². The van der Waals surface area contributed by atoms with Gasteiger partial charge in [-0.05, 0) is 125 Å². The van der Waals surface area contributed by atoms with Crippen molar-refractivity contribution in [1.82, 2.24) is 0 Å². The van der Waals surface area contributed by atoms with E-state index >= 15 is 0 Å². The molecule has 3 rings (SSSR count). The zero-order chi connectivity index (χ0) is 58.6. The Morgan fingerprint density at radius 2 is 0.598 bits per heavy atom. The SMILES string of the molecule is CCCCCCCCCCCCCCCC=CCC(CCCCCC)CCc1ccccc1C1=C(CCCC)C(CCCCCC)=C(c2ccccc2CCC(CC=CCCCCCCCCCCCCCCC)CCCCCC)[N+]1=[N-]. The number of unbranched alkanes of at least 4 members (excludes halogenated alkanes) is 36. The fourth-order valence-corrected chi connectivity index (χ4v) is 13.3. The molecular weight excluding hydrogens is 989 g/mol. The second-order valence-electron chi connectivity index (χ2n) is 26.2. The van der Waals surface area contributed by atoms with Crippen LogP contribution < -0.4 is 0 Å². The molecular formula is C80H136N2. The largest absolute Gasteiger partial charge is 0.493 e. The molecule has 1 aliphatic rings. The quantitative estimate of drug-likeness (QED) is 0.0358. The van der Waals surface area contributed by atoms with Crippen LogP contribution >= 0.6 is 0 Å². The van der Waals surface area contributed by atoms with E-state index in [9.17, 15) is 5.53 Å². The molecule has 0 amide bonds. The van der Waals surface area contributed by atoms with Gasteiger partial charge in [0.25, 0.3) is 0 Å². The van der Waals surface area contributed by atoms with Gasteiger partial charge in [-0.25, -0.2) is 4.70 Å². The van der Waals surface area contributed by atoms with Crippen molar-refractivity contribution in [3.8, 4) is 0 Å². The van der Waals surface area contributed by atoms with E-state index in [1.807, 2.05) is 0 Å². The predicted molar refractivity (Wildman–Crippen MR) is 368 cm³/mol. The van der Waals surface area contributed by atoms with Crippen molar-refractivity contribution in [2.75, 3.05) is 0 Å². The molecule has 0 radical (unpaired) electrons. The Morgan fingerprint density at radius 3 is 0.951 bits per heavy atom. The van der Waals surface area contributed by atoms with Crippen molar-refractivity contribution in [2.24, 2.45) is 11.8 Å². The second kappa shape index (κ2) is 52.3. The van der Waals surface area contributed by atoms with E-state index in [1.54, 1.807) is 4.70 Å². The van der Waals surface area contributed by atoms with Crippen LogP contribution in [0, 0.1) is 11.8 Å². The first-order valence-electron chi connectivity index (χ1n) is 37.0. The standard InChI is InChI=1S/C80H136N2/c1-7-13-19-24-26-28-30-32-34-36-38-40-42-44-46-50-59-71(57-48-21-15-9-3)67-69-73-61-53-55-64-75(73)79-77(63-18-12-6)78(66-52-23-17-11-5)80(82(79)81)76-65-56-54-62-74(76)70-68-72(58-49-22-16-10-4)60-51-47-45-43-41-39-37-35-33-31-29-27-25-20-14-8-2/h46-47,50-51,53-56,61-62,64-65,71-72H,7-45,48-49,52,57-60,63,66-70H2,1-6H3. The molecule has 2 nitrogen and oxygen atoms in total. The van der Waals surface area contributed by atoms with Crippen LogP contribution in [0.15, 0.2) is 84.0 Å². The third kappa shape index (κ3) is 33.6. The Bertz CT molecular complexity index is 1940. The summed E-state index contributed by atoms with van der Waals surface area (Å²) in [6, 6.07) is 18.5. The second-order valence-corrected chi connectivity index (χ2v) is 26.2. The lowest BCUT2D eigenvalue weighted by Crippen LogP contribution is -2.09. The van der Waals surface area contributed by atoms with Gasteiger partial charge in [0.2, 0.25) is 11.4 Å². The van der Waals surface area contributed by atoms with Crippen LogP contribution in [0.25, 0.3) is 16.9 Å². The van der Waals surface area contributed by atoms with E-state index in [0.717, 1.165) is 49.9 Å². The van der Waals surface area contributed by atoms with Gasteiger partial charge in [-0.15, -0.1) is 0 Å². The first-order valence-corrected chi connectivity index (χ1v) is 37.0. The first kappa shape index (κ1) is 73.3. The summed E-state index contributed by atoms with van der Waals surface area (Å²) in [5, 5.41) is 0. The number of aryl methyl sites for hydroxylation is 2. The fraction of sp³-hybridized carbons (Fsp3) is 0.750. The van der Waals surface area contributed by atoms with Crippen molar-refractivity contribution in [3.05, 3.63) is 112 Å². The summed E-state index contributed by atoms with van der Waals surface area (Å²) in [6.45, 7) is 14.0. The topological polar surface area (TPSA) is 25.3 Å². The number of nitrogens with zero attached hydrogens (tertiary/aromatic N) is 2. The lowest BCUT2D eigenvalue weighted by atomic mass is 9.87. The molecule has 1 heterocycles. The minimum absolute atomic E-state index is 0.694. The lowest BCUT2D eigenvalue weighted by Gasteiger charge is -2.19. The predicted octanol–water partition coefficient (Wildman–Crippen LogP) is 27.9. The van der Waals surface area contributed by atoms with E-state index in [0.29, 0.717) is 11.8 Å². The van der Waals surface area contributed by atoms with Crippen LogP contribution in [0.1, 0.15) is 385 Å². The first-order chi connectivity index (χ1) is 40.5. The molecule has 0 spiro atoms. The smallest absolute Gasteiger partial charge is 0.211 e. The molecule has 2 aromatic rings. The van der Waals surface area contributed by atoms with E-state index in [2.05, 4.69) is 114 Å². The van der Waals surface area contributed by atoms with Crippen molar-refractivity contribution in [3.63, 3.8) is 0 Å². The number of hydrogen-bond donors (Lipinski definition) is 0. The summed E-state index contributed by atoms with van der Waals surface area (Å²) in [7, 11) is 0. The Hall–Kier alpha value is -3.00. The van der Waals surface area contributed by atoms with Crippen molar-refractivity contribution in [2.45, 2.75) is 375 Å². The number of rotatable bonds is 58. The van der Waals surface area contributed by atoms with Gasteiger partial charge in [0.1, 0.15) is 0 Å². The summed E-state index contributed by atoms with van der Waals surface area (Å²) in [4.78, 5) is 0. The van der Waals surface area contributed by atoms with Crippen molar-refractivity contribution >= 4 is 11.4 Å². The molecule has 0 saturated carbocycles. The average molecular weight is 1130 g/mol. The van der Waals surface area contributed by atoms with Gasteiger partial charge in [-0.1, -0.05) is 346 Å². The Kier molecular flexibility index (Phi) is 46.8. The summed E-state index contributed by atoms with van der Waals surface area (Å²) in [5.74, 6) is 1.39. The third-order valence-electron chi connectivity index (χ3n) is 18.8. The normalized spacial score (nSPS) is 13.8. The van der Waals surface area contributed by atoms with Crippen LogP contribution in [0.4, 0.5) is 0 Å². The van der Waals surface area contributed by atoms with Crippen LogP contribution in [0.2, 0.25) is 0 Å². The molecule has 2 atom stereocenters. The van der Waals surface area contributed by atoms with Gasteiger partial charge in [0.15, 0.2) is 0 Å². The maximum atomic E-state index is 13.1. The highest BCUT2D eigenvalue weighted by atomic mass is 15.2. The summed E-state index contributed by atoms with van der Waals surface area (Å²) in [5.41, 5.74) is 23.4. The summed E-state index contributed by atoms with van der Waals surface area (Å²) < 4.78 is 1.72. The molecule has 0 aliphatic carbocycles. The molecule has 0 fully saturated rings. The summed E-state index contributed by atoms with van der Waals surface area (Å²) in [6.07, 6.45) is 79.0. The van der Waals surface area contributed by atoms with E-state index in [-0.39, 0.29) is 0 Å². The van der Waals surface area contributed by atoms with Gasteiger partial charge in [0, 0.05) is 22.3 Å². The molecule has 0 aromatic heterocycles. The minimum Gasteiger partial charge on any atom is -0.493 e.